The summed E-state index contributed by atoms with van der Waals surface area (Å²) in [5.41, 5.74) is 2.63. The van der Waals surface area contributed by atoms with Gasteiger partial charge in [0.15, 0.2) is 5.82 Å². The highest BCUT2D eigenvalue weighted by Crippen LogP contribution is 2.02. The zero-order valence-corrected chi connectivity index (χ0v) is 11.3. The Morgan fingerprint density at radius 2 is 2.22 bits per heavy atom. The first kappa shape index (κ1) is 14.7. The molecule has 1 amide bonds. The van der Waals surface area contributed by atoms with Crippen molar-refractivity contribution >= 4 is 23.5 Å². The minimum atomic E-state index is -0.218. The van der Waals surface area contributed by atoms with Crippen LogP contribution in [0.5, 0.6) is 0 Å². The Hall–Kier alpha value is -1.34. The third-order valence-electron chi connectivity index (χ3n) is 2.33. The number of anilines is 1. The Labute approximate surface area is 111 Å². The molecule has 6 nitrogen and oxygen atoms in total. The summed E-state index contributed by atoms with van der Waals surface area (Å²) in [6.45, 7) is 0.662. The molecule has 0 unspecified atom stereocenters. The van der Waals surface area contributed by atoms with Crippen molar-refractivity contribution in [3.05, 3.63) is 18.1 Å². The average molecular weight is 269 g/mol. The number of carbonyl (C=O) groups is 1. The van der Waals surface area contributed by atoms with Crippen molar-refractivity contribution in [2.75, 3.05) is 24.0 Å². The van der Waals surface area contributed by atoms with Gasteiger partial charge in [0.25, 0.3) is 5.91 Å². The van der Waals surface area contributed by atoms with Gasteiger partial charge < -0.3 is 10.7 Å². The molecule has 0 spiro atoms. The van der Waals surface area contributed by atoms with E-state index in [0.29, 0.717) is 12.4 Å². The van der Waals surface area contributed by atoms with Crippen molar-refractivity contribution in [3.63, 3.8) is 0 Å². The Morgan fingerprint density at radius 1 is 1.39 bits per heavy atom. The van der Waals surface area contributed by atoms with Gasteiger partial charge in [-0.15, -0.1) is 0 Å². The summed E-state index contributed by atoms with van der Waals surface area (Å²) in [7, 11) is 0. The fourth-order valence-electron chi connectivity index (χ4n) is 1.39. The highest BCUT2D eigenvalue weighted by molar-refractivity contribution is 7.98. The number of carbonyl (C=O) groups excluding carboxylic acids is 1. The lowest BCUT2D eigenvalue weighted by Crippen LogP contribution is -2.26. The van der Waals surface area contributed by atoms with Crippen LogP contribution in [0.15, 0.2) is 12.4 Å². The predicted molar refractivity (Wildman–Crippen MR) is 74.4 cm³/mol. The molecule has 1 rings (SSSR count). The van der Waals surface area contributed by atoms with E-state index in [2.05, 4.69) is 27.0 Å². The van der Waals surface area contributed by atoms with Crippen molar-refractivity contribution in [2.24, 2.45) is 5.84 Å². The maximum absolute atomic E-state index is 11.7. The largest absolute Gasteiger partial charge is 0.351 e. The van der Waals surface area contributed by atoms with Gasteiger partial charge >= 0.3 is 0 Å². The molecule has 4 N–H and O–H groups in total. The summed E-state index contributed by atoms with van der Waals surface area (Å²) in [6, 6.07) is 0. The van der Waals surface area contributed by atoms with E-state index in [1.165, 1.54) is 24.6 Å². The Bertz CT molecular complexity index is 374. The highest BCUT2D eigenvalue weighted by atomic mass is 32.2. The molecule has 0 aromatic carbocycles. The molecule has 0 aliphatic rings. The van der Waals surface area contributed by atoms with Crippen molar-refractivity contribution < 1.29 is 4.79 Å². The summed E-state index contributed by atoms with van der Waals surface area (Å²) >= 11 is 1.84. The summed E-state index contributed by atoms with van der Waals surface area (Å²) in [5, 5.41) is 2.81. The maximum Gasteiger partial charge on any atom is 0.271 e. The number of thioether (sulfide) groups is 1. The van der Waals surface area contributed by atoms with Crippen LogP contribution in [-0.4, -0.2) is 34.4 Å². The van der Waals surface area contributed by atoms with Crippen LogP contribution in [-0.2, 0) is 0 Å². The number of hydrogen-bond acceptors (Lipinski definition) is 6. The van der Waals surface area contributed by atoms with Crippen LogP contribution in [0, 0.1) is 0 Å². The van der Waals surface area contributed by atoms with Crippen LogP contribution in [0.2, 0.25) is 0 Å². The van der Waals surface area contributed by atoms with E-state index in [4.69, 9.17) is 5.84 Å². The molecule has 1 heterocycles. The van der Waals surface area contributed by atoms with Gasteiger partial charge in [0.1, 0.15) is 5.69 Å². The van der Waals surface area contributed by atoms with Crippen molar-refractivity contribution in [2.45, 2.75) is 19.3 Å². The van der Waals surface area contributed by atoms with E-state index in [-0.39, 0.29) is 11.6 Å². The summed E-state index contributed by atoms with van der Waals surface area (Å²) in [6.07, 6.45) is 8.26. The summed E-state index contributed by atoms with van der Waals surface area (Å²) in [4.78, 5) is 19.6. The number of hydrazine groups is 1. The maximum atomic E-state index is 11.7. The van der Waals surface area contributed by atoms with Gasteiger partial charge in [-0.25, -0.2) is 10.8 Å². The molecule has 7 heteroatoms. The molecule has 0 saturated carbocycles. The Balaban J connectivity index is 2.27. The van der Waals surface area contributed by atoms with Crippen LogP contribution in [0.1, 0.15) is 29.8 Å². The first-order chi connectivity index (χ1) is 8.77. The number of amides is 1. The topological polar surface area (TPSA) is 92.9 Å². The smallest absolute Gasteiger partial charge is 0.271 e. The van der Waals surface area contributed by atoms with Gasteiger partial charge in [0, 0.05) is 6.54 Å². The van der Waals surface area contributed by atoms with Crippen molar-refractivity contribution in [1.82, 2.24) is 15.3 Å². The molecule has 0 radical (unpaired) electrons. The quantitative estimate of drug-likeness (QED) is 0.371. The van der Waals surface area contributed by atoms with E-state index in [1.807, 2.05) is 11.8 Å². The van der Waals surface area contributed by atoms with E-state index in [0.717, 1.165) is 12.8 Å². The van der Waals surface area contributed by atoms with Crippen LogP contribution in [0.4, 0.5) is 5.82 Å². The number of nitrogen functional groups attached to an aromatic ring is 1. The number of hydrogen-bond donors (Lipinski definition) is 3. The second kappa shape index (κ2) is 8.71. The van der Waals surface area contributed by atoms with Gasteiger partial charge in [0.2, 0.25) is 0 Å². The van der Waals surface area contributed by atoms with Crippen molar-refractivity contribution in [3.8, 4) is 0 Å². The molecule has 1 aromatic heterocycles. The van der Waals surface area contributed by atoms with E-state index in [1.54, 1.807) is 0 Å². The molecular weight excluding hydrogens is 250 g/mol. The third kappa shape index (κ3) is 5.33. The van der Waals surface area contributed by atoms with E-state index in [9.17, 15) is 4.79 Å². The predicted octanol–water partition coefficient (Wildman–Crippen LogP) is 1.03. The molecule has 0 aliphatic carbocycles. The Morgan fingerprint density at radius 3 is 2.94 bits per heavy atom. The second-order valence-corrected chi connectivity index (χ2v) is 4.73. The number of rotatable bonds is 8. The SMILES string of the molecule is CSCCCCCNC(=O)c1cncc(NN)n1. The van der Waals surface area contributed by atoms with Gasteiger partial charge in [-0.2, -0.15) is 11.8 Å². The summed E-state index contributed by atoms with van der Waals surface area (Å²) in [5.74, 6) is 6.53. The number of nitrogens with zero attached hydrogens (tertiary/aromatic N) is 2. The van der Waals surface area contributed by atoms with E-state index < -0.39 is 0 Å². The first-order valence-electron chi connectivity index (χ1n) is 5.83. The molecule has 0 saturated heterocycles. The fraction of sp³-hybridized carbons (Fsp3) is 0.545. The Kier molecular flexibility index (Phi) is 7.12. The molecule has 0 aliphatic heterocycles. The molecule has 0 fully saturated rings. The zero-order chi connectivity index (χ0) is 13.2. The molecule has 1 aromatic rings. The number of unbranched alkanes of at least 4 members (excludes halogenated alkanes) is 2. The van der Waals surface area contributed by atoms with Gasteiger partial charge in [-0.1, -0.05) is 6.42 Å². The van der Waals surface area contributed by atoms with Gasteiger partial charge in [0.05, 0.1) is 12.4 Å². The molecule has 100 valence electrons. The number of aromatic nitrogens is 2. The highest BCUT2D eigenvalue weighted by Gasteiger charge is 2.07. The minimum Gasteiger partial charge on any atom is -0.351 e. The fourth-order valence-corrected chi connectivity index (χ4v) is 1.88. The zero-order valence-electron chi connectivity index (χ0n) is 10.5. The van der Waals surface area contributed by atoms with E-state index >= 15 is 0 Å². The standard InChI is InChI=1S/C11H19N5OS/c1-18-6-4-2-3-5-14-11(17)9-7-13-8-10(15-9)16-12/h7-8H,2-6,12H2,1H3,(H,14,17)(H,15,16). The molecule has 0 bridgehead atoms. The molecular formula is C11H19N5OS. The molecule has 0 atom stereocenters. The van der Waals surface area contributed by atoms with Gasteiger partial charge in [-0.05, 0) is 24.9 Å². The third-order valence-corrected chi connectivity index (χ3v) is 3.02. The lowest BCUT2D eigenvalue weighted by molar-refractivity contribution is 0.0947. The first-order valence-corrected chi connectivity index (χ1v) is 7.23. The minimum absolute atomic E-state index is 0.218. The molecule has 18 heavy (non-hydrogen) atoms. The van der Waals surface area contributed by atoms with Crippen LogP contribution in [0.25, 0.3) is 0 Å². The van der Waals surface area contributed by atoms with Gasteiger partial charge in [-0.3, -0.25) is 9.78 Å². The number of nitrogens with one attached hydrogen (secondary N) is 2. The monoisotopic (exact) mass is 269 g/mol. The van der Waals surface area contributed by atoms with Crippen LogP contribution in [0.3, 0.4) is 0 Å². The van der Waals surface area contributed by atoms with Crippen LogP contribution >= 0.6 is 11.8 Å². The van der Waals surface area contributed by atoms with Crippen LogP contribution < -0.4 is 16.6 Å². The second-order valence-electron chi connectivity index (χ2n) is 3.74. The lowest BCUT2D eigenvalue weighted by Gasteiger charge is -2.05. The lowest BCUT2D eigenvalue weighted by atomic mass is 10.2. The number of nitrogens with two attached hydrogens (primary N) is 1. The average Bonchev–Trinajstić information content (AvgIpc) is 2.42. The van der Waals surface area contributed by atoms with Crippen molar-refractivity contribution in [1.29, 1.82) is 0 Å². The summed E-state index contributed by atoms with van der Waals surface area (Å²) < 4.78 is 0. The normalized spacial score (nSPS) is 10.1.